The SMILES string of the molecule is C/C(C(=O)NCC(O)CO)=C(/C)c1nc2ccccc2[nH]1. The Kier molecular flexibility index (Phi) is 4.72. The van der Waals surface area contributed by atoms with Gasteiger partial charge in [0.25, 0.3) is 0 Å². The Morgan fingerprint density at radius 1 is 1.38 bits per heavy atom. The second-order valence-corrected chi connectivity index (χ2v) is 4.90. The number of H-pyrrole nitrogens is 1. The summed E-state index contributed by atoms with van der Waals surface area (Å²) in [4.78, 5) is 19.6. The molecule has 0 fully saturated rings. The summed E-state index contributed by atoms with van der Waals surface area (Å²) in [6.07, 6.45) is -0.951. The fraction of sp³-hybridized carbons (Fsp3) is 0.333. The van der Waals surface area contributed by atoms with E-state index in [-0.39, 0.29) is 19.1 Å². The summed E-state index contributed by atoms with van der Waals surface area (Å²) in [5, 5.41) is 20.5. The van der Waals surface area contributed by atoms with Gasteiger partial charge in [0.1, 0.15) is 5.82 Å². The van der Waals surface area contributed by atoms with E-state index in [1.54, 1.807) is 6.92 Å². The maximum absolute atomic E-state index is 12.0. The molecule has 0 aliphatic rings. The number of fused-ring (bicyclic) bond motifs is 1. The first-order valence-corrected chi connectivity index (χ1v) is 6.72. The monoisotopic (exact) mass is 289 g/mol. The first kappa shape index (κ1) is 15.2. The Hall–Kier alpha value is -2.18. The zero-order valence-electron chi connectivity index (χ0n) is 12.1. The summed E-state index contributed by atoms with van der Waals surface area (Å²) in [5.41, 5.74) is 3.01. The van der Waals surface area contributed by atoms with E-state index in [1.165, 1.54) is 0 Å². The molecule has 0 aliphatic heterocycles. The summed E-state index contributed by atoms with van der Waals surface area (Å²) < 4.78 is 0. The molecule has 1 amide bonds. The lowest BCUT2D eigenvalue weighted by molar-refractivity contribution is -0.117. The molecular formula is C15H19N3O3. The molecule has 0 radical (unpaired) electrons. The van der Waals surface area contributed by atoms with E-state index in [0.717, 1.165) is 16.6 Å². The maximum Gasteiger partial charge on any atom is 0.247 e. The lowest BCUT2D eigenvalue weighted by Gasteiger charge is -2.10. The number of hydrogen-bond donors (Lipinski definition) is 4. The molecule has 1 heterocycles. The van der Waals surface area contributed by atoms with Crippen LogP contribution in [-0.4, -0.2) is 45.3 Å². The molecule has 2 rings (SSSR count). The predicted octanol–water partition coefficient (Wildman–Crippen LogP) is 0.826. The zero-order chi connectivity index (χ0) is 15.4. The molecule has 0 saturated carbocycles. The number of benzene rings is 1. The number of aromatic nitrogens is 2. The van der Waals surface area contributed by atoms with Crippen LogP contribution < -0.4 is 5.32 Å². The lowest BCUT2D eigenvalue weighted by atomic mass is 10.1. The van der Waals surface area contributed by atoms with Gasteiger partial charge in [-0.25, -0.2) is 4.98 Å². The fourth-order valence-electron chi connectivity index (χ4n) is 1.89. The van der Waals surface area contributed by atoms with Gasteiger partial charge in [0.15, 0.2) is 0 Å². The number of aliphatic hydroxyl groups is 2. The summed E-state index contributed by atoms with van der Waals surface area (Å²) in [7, 11) is 0. The summed E-state index contributed by atoms with van der Waals surface area (Å²) in [6, 6.07) is 7.64. The average Bonchev–Trinajstić information content (AvgIpc) is 2.94. The highest BCUT2D eigenvalue weighted by atomic mass is 16.3. The van der Waals surface area contributed by atoms with Crippen LogP contribution >= 0.6 is 0 Å². The van der Waals surface area contributed by atoms with E-state index in [9.17, 15) is 9.90 Å². The Morgan fingerprint density at radius 2 is 2.10 bits per heavy atom. The second-order valence-electron chi connectivity index (χ2n) is 4.90. The summed E-state index contributed by atoms with van der Waals surface area (Å²) in [6.45, 7) is 3.14. The minimum absolute atomic E-state index is 0.0140. The third-order valence-electron chi connectivity index (χ3n) is 3.36. The van der Waals surface area contributed by atoms with E-state index in [4.69, 9.17) is 5.11 Å². The van der Waals surface area contributed by atoms with Crippen molar-refractivity contribution < 1.29 is 15.0 Å². The highest BCUT2D eigenvalue weighted by Gasteiger charge is 2.13. The third-order valence-corrected chi connectivity index (χ3v) is 3.36. The van der Waals surface area contributed by atoms with Gasteiger partial charge < -0.3 is 20.5 Å². The molecule has 0 spiro atoms. The molecule has 0 aliphatic carbocycles. The maximum atomic E-state index is 12.0. The zero-order valence-corrected chi connectivity index (χ0v) is 12.1. The first-order chi connectivity index (χ1) is 10.0. The minimum atomic E-state index is -0.951. The number of hydrogen-bond acceptors (Lipinski definition) is 4. The smallest absolute Gasteiger partial charge is 0.247 e. The summed E-state index contributed by atoms with van der Waals surface area (Å²) >= 11 is 0. The Morgan fingerprint density at radius 3 is 2.76 bits per heavy atom. The van der Waals surface area contributed by atoms with E-state index in [2.05, 4.69) is 15.3 Å². The van der Waals surface area contributed by atoms with E-state index in [1.807, 2.05) is 31.2 Å². The van der Waals surface area contributed by atoms with Crippen LogP contribution in [0.5, 0.6) is 0 Å². The van der Waals surface area contributed by atoms with Crippen molar-refractivity contribution in [1.82, 2.24) is 15.3 Å². The third kappa shape index (κ3) is 3.48. The van der Waals surface area contributed by atoms with Crippen molar-refractivity contribution in [3.63, 3.8) is 0 Å². The van der Waals surface area contributed by atoms with Crippen molar-refractivity contribution in [3.05, 3.63) is 35.7 Å². The van der Waals surface area contributed by atoms with Crippen molar-refractivity contribution >= 4 is 22.5 Å². The topological polar surface area (TPSA) is 98.2 Å². The van der Waals surface area contributed by atoms with Crippen LogP contribution in [-0.2, 0) is 4.79 Å². The van der Waals surface area contributed by atoms with Gasteiger partial charge in [0, 0.05) is 17.7 Å². The van der Waals surface area contributed by atoms with Gasteiger partial charge in [-0.15, -0.1) is 0 Å². The number of aromatic amines is 1. The molecule has 6 nitrogen and oxygen atoms in total. The number of allylic oxidation sites excluding steroid dienone is 1. The van der Waals surface area contributed by atoms with Crippen LogP contribution in [0, 0.1) is 0 Å². The van der Waals surface area contributed by atoms with Crippen molar-refractivity contribution in [2.24, 2.45) is 0 Å². The normalized spacial score (nSPS) is 13.9. The Bertz CT molecular complexity index is 643. The molecule has 112 valence electrons. The number of rotatable bonds is 5. The van der Waals surface area contributed by atoms with E-state index >= 15 is 0 Å². The van der Waals surface area contributed by atoms with Crippen molar-refractivity contribution in [3.8, 4) is 0 Å². The molecule has 1 unspecified atom stereocenters. The number of carbonyl (C=O) groups is 1. The molecule has 4 N–H and O–H groups in total. The van der Waals surface area contributed by atoms with Crippen molar-refractivity contribution in [2.75, 3.05) is 13.2 Å². The number of aliphatic hydroxyl groups excluding tert-OH is 2. The molecule has 21 heavy (non-hydrogen) atoms. The largest absolute Gasteiger partial charge is 0.394 e. The molecular weight excluding hydrogens is 270 g/mol. The van der Waals surface area contributed by atoms with Crippen LogP contribution in [0.15, 0.2) is 29.8 Å². The van der Waals surface area contributed by atoms with Gasteiger partial charge in [0.05, 0.1) is 23.7 Å². The highest BCUT2D eigenvalue weighted by Crippen LogP contribution is 2.19. The Balaban J connectivity index is 2.19. The molecule has 0 saturated heterocycles. The van der Waals surface area contributed by atoms with E-state index < -0.39 is 6.10 Å². The fourth-order valence-corrected chi connectivity index (χ4v) is 1.89. The van der Waals surface area contributed by atoms with E-state index in [0.29, 0.717) is 11.4 Å². The quantitative estimate of drug-likeness (QED) is 0.613. The molecule has 0 bridgehead atoms. The highest BCUT2D eigenvalue weighted by molar-refractivity contribution is 6.00. The van der Waals surface area contributed by atoms with Crippen LogP contribution in [0.2, 0.25) is 0 Å². The number of nitrogens with zero attached hydrogens (tertiary/aromatic N) is 1. The first-order valence-electron chi connectivity index (χ1n) is 6.72. The van der Waals surface area contributed by atoms with Gasteiger partial charge in [-0.3, -0.25) is 4.79 Å². The molecule has 1 atom stereocenters. The Labute approximate surface area is 122 Å². The van der Waals surface area contributed by atoms with Crippen LogP contribution in [0.25, 0.3) is 16.6 Å². The number of carbonyl (C=O) groups excluding carboxylic acids is 1. The second kappa shape index (κ2) is 6.51. The van der Waals surface area contributed by atoms with Gasteiger partial charge in [-0.1, -0.05) is 12.1 Å². The molecule has 6 heteroatoms. The minimum Gasteiger partial charge on any atom is -0.394 e. The summed E-state index contributed by atoms with van der Waals surface area (Å²) in [5.74, 6) is 0.354. The predicted molar refractivity (Wildman–Crippen MR) is 80.5 cm³/mol. The van der Waals surface area contributed by atoms with Crippen molar-refractivity contribution in [2.45, 2.75) is 20.0 Å². The number of nitrogens with one attached hydrogen (secondary N) is 2. The van der Waals surface area contributed by atoms with Gasteiger partial charge in [-0.2, -0.15) is 0 Å². The van der Waals surface area contributed by atoms with Crippen LogP contribution in [0.3, 0.4) is 0 Å². The van der Waals surface area contributed by atoms with Crippen molar-refractivity contribution in [1.29, 1.82) is 0 Å². The standard InChI is InChI=1S/C15H19N3O3/c1-9(10(2)15(21)16-7-11(20)8-19)14-17-12-5-3-4-6-13(12)18-14/h3-6,11,19-20H,7-8H2,1-2H3,(H,16,21)(H,17,18)/b10-9+. The van der Waals surface area contributed by atoms with Gasteiger partial charge in [0.2, 0.25) is 5.91 Å². The van der Waals surface area contributed by atoms with Crippen LogP contribution in [0.4, 0.5) is 0 Å². The number of amides is 1. The molecule has 1 aromatic heterocycles. The number of imidazole rings is 1. The molecule has 1 aromatic carbocycles. The van der Waals surface area contributed by atoms with Crippen LogP contribution in [0.1, 0.15) is 19.7 Å². The van der Waals surface area contributed by atoms with Gasteiger partial charge in [-0.05, 0) is 26.0 Å². The lowest BCUT2D eigenvalue weighted by Crippen LogP contribution is -2.34. The number of para-hydroxylation sites is 2. The average molecular weight is 289 g/mol. The molecule has 2 aromatic rings. The van der Waals surface area contributed by atoms with Gasteiger partial charge >= 0.3 is 0 Å².